The Bertz CT molecular complexity index is 896. The van der Waals surface area contributed by atoms with Crippen LogP contribution in [0, 0.1) is 17.5 Å². The van der Waals surface area contributed by atoms with Crippen LogP contribution in [0.25, 0.3) is 4.96 Å². The van der Waals surface area contributed by atoms with Crippen LogP contribution in [0.4, 0.5) is 13.2 Å². The minimum atomic E-state index is -1.49. The van der Waals surface area contributed by atoms with Gasteiger partial charge in [0.05, 0.1) is 10.9 Å². The maximum atomic E-state index is 13.8. The summed E-state index contributed by atoms with van der Waals surface area (Å²) < 4.78 is 42.3. The highest BCUT2D eigenvalue weighted by Gasteiger charge is 2.31. The quantitative estimate of drug-likeness (QED) is 0.719. The minimum absolute atomic E-state index is 0.113. The van der Waals surface area contributed by atoms with Crippen molar-refractivity contribution in [2.45, 2.75) is 25.3 Å². The number of aromatic nitrogens is 3. The molecule has 0 unspecified atom stereocenters. The molecule has 0 amide bonds. The minimum Gasteiger partial charge on any atom is -0.492 e. The lowest BCUT2D eigenvalue weighted by molar-refractivity contribution is 0.186. The molecule has 0 bridgehead atoms. The Hall–Kier alpha value is -2.13. The Morgan fingerprint density at radius 1 is 1.08 bits per heavy atom. The van der Waals surface area contributed by atoms with E-state index in [1.54, 1.807) is 0 Å². The van der Waals surface area contributed by atoms with Crippen LogP contribution in [0.1, 0.15) is 35.7 Å². The number of aromatic hydroxyl groups is 1. The molecule has 9 heteroatoms. The lowest BCUT2D eigenvalue weighted by Crippen LogP contribution is -2.34. The van der Waals surface area contributed by atoms with Gasteiger partial charge < -0.3 is 5.11 Å². The number of piperidine rings is 1. The molecule has 1 aromatic carbocycles. The van der Waals surface area contributed by atoms with Crippen LogP contribution in [-0.4, -0.2) is 37.7 Å². The molecule has 1 aliphatic rings. The normalized spacial score (nSPS) is 17.2. The van der Waals surface area contributed by atoms with Crippen molar-refractivity contribution in [3.05, 3.63) is 46.4 Å². The average molecular weight is 368 g/mol. The van der Waals surface area contributed by atoms with Gasteiger partial charge in [-0.2, -0.15) is 9.61 Å². The van der Waals surface area contributed by atoms with Crippen LogP contribution < -0.4 is 0 Å². The van der Waals surface area contributed by atoms with Gasteiger partial charge in [-0.1, -0.05) is 17.8 Å². The number of nitrogens with zero attached hydrogens (tertiary/aromatic N) is 4. The number of hydrogen-bond acceptors (Lipinski definition) is 5. The molecule has 4 rings (SSSR count). The Morgan fingerprint density at radius 2 is 1.76 bits per heavy atom. The molecule has 5 nitrogen and oxygen atoms in total. The Morgan fingerprint density at radius 3 is 2.40 bits per heavy atom. The first kappa shape index (κ1) is 16.3. The number of fused-ring (bicyclic) bond motifs is 1. The third kappa shape index (κ3) is 2.77. The van der Waals surface area contributed by atoms with Gasteiger partial charge >= 0.3 is 0 Å². The van der Waals surface area contributed by atoms with Crippen LogP contribution >= 0.6 is 11.3 Å². The van der Waals surface area contributed by atoms with Crippen LogP contribution in [0.2, 0.25) is 0 Å². The summed E-state index contributed by atoms with van der Waals surface area (Å²) in [7, 11) is 0. The van der Waals surface area contributed by atoms with E-state index in [1.165, 1.54) is 22.2 Å². The fourth-order valence-electron chi connectivity index (χ4n) is 3.31. The highest BCUT2D eigenvalue weighted by Crippen LogP contribution is 2.41. The Balaban J connectivity index is 1.87. The molecule has 1 aliphatic heterocycles. The SMILES string of the molecule is Oc1c([C@H](c2cc(F)c(F)c(F)c2)N2CCCCC2)sc2ncnn12. The summed E-state index contributed by atoms with van der Waals surface area (Å²) >= 11 is 1.20. The van der Waals surface area contributed by atoms with Crippen LogP contribution in [0.3, 0.4) is 0 Å². The first-order valence-corrected chi connectivity index (χ1v) is 8.78. The molecule has 0 spiro atoms. The molecule has 0 saturated carbocycles. The second-order valence-corrected chi connectivity index (χ2v) is 7.05. The van der Waals surface area contributed by atoms with Crippen molar-refractivity contribution < 1.29 is 18.3 Å². The lowest BCUT2D eigenvalue weighted by Gasteiger charge is -2.34. The van der Waals surface area contributed by atoms with Gasteiger partial charge in [0.25, 0.3) is 0 Å². The van der Waals surface area contributed by atoms with Crippen LogP contribution in [-0.2, 0) is 0 Å². The van der Waals surface area contributed by atoms with Crippen molar-refractivity contribution in [3.63, 3.8) is 0 Å². The predicted molar refractivity (Wildman–Crippen MR) is 86.1 cm³/mol. The highest BCUT2D eigenvalue weighted by molar-refractivity contribution is 7.17. The molecule has 1 saturated heterocycles. The molecule has 0 radical (unpaired) electrons. The fraction of sp³-hybridized carbons (Fsp3) is 0.375. The Kier molecular flexibility index (Phi) is 4.12. The van der Waals surface area contributed by atoms with Gasteiger partial charge in [0.1, 0.15) is 6.33 Å². The van der Waals surface area contributed by atoms with Gasteiger partial charge in [0.2, 0.25) is 10.8 Å². The zero-order valence-electron chi connectivity index (χ0n) is 13.1. The van der Waals surface area contributed by atoms with Crippen molar-refractivity contribution in [1.82, 2.24) is 19.5 Å². The van der Waals surface area contributed by atoms with Gasteiger partial charge in [-0.05, 0) is 43.6 Å². The van der Waals surface area contributed by atoms with Gasteiger partial charge in [-0.3, -0.25) is 4.90 Å². The molecule has 3 heterocycles. The second-order valence-electron chi connectivity index (χ2n) is 6.04. The van der Waals surface area contributed by atoms with E-state index >= 15 is 0 Å². The number of likely N-dealkylation sites (tertiary alicyclic amines) is 1. The van der Waals surface area contributed by atoms with E-state index in [1.807, 2.05) is 4.90 Å². The topological polar surface area (TPSA) is 53.7 Å². The van der Waals surface area contributed by atoms with E-state index in [4.69, 9.17) is 0 Å². The van der Waals surface area contributed by atoms with Crippen molar-refractivity contribution >= 4 is 16.3 Å². The third-order valence-corrected chi connectivity index (χ3v) is 5.55. The highest BCUT2D eigenvalue weighted by atomic mass is 32.1. The summed E-state index contributed by atoms with van der Waals surface area (Å²) in [5.74, 6) is -4.09. The van der Waals surface area contributed by atoms with Gasteiger partial charge in [-0.15, -0.1) is 0 Å². The molecular weight excluding hydrogens is 353 g/mol. The molecule has 0 aliphatic carbocycles. The van der Waals surface area contributed by atoms with Gasteiger partial charge in [0, 0.05) is 0 Å². The molecule has 132 valence electrons. The maximum absolute atomic E-state index is 13.8. The first-order valence-electron chi connectivity index (χ1n) is 7.96. The van der Waals surface area contributed by atoms with Gasteiger partial charge in [-0.25, -0.2) is 18.2 Å². The largest absolute Gasteiger partial charge is 0.492 e. The molecule has 1 fully saturated rings. The summed E-state index contributed by atoms with van der Waals surface area (Å²) in [4.78, 5) is 7.07. The van der Waals surface area contributed by atoms with Crippen molar-refractivity contribution in [1.29, 1.82) is 0 Å². The van der Waals surface area contributed by atoms with Crippen molar-refractivity contribution in [2.24, 2.45) is 0 Å². The standard InChI is InChI=1S/C16H15F3N4OS/c17-10-6-9(7-11(18)12(10)19)13(22-4-2-1-3-5-22)14-15(24)23-16(25-14)20-8-21-23/h6-8,13,24H,1-5H2/t13-/m0/s1. The van der Waals surface area contributed by atoms with E-state index in [-0.39, 0.29) is 11.4 Å². The Labute approximate surface area is 145 Å². The molecule has 2 aromatic heterocycles. The molecule has 3 aromatic rings. The summed E-state index contributed by atoms with van der Waals surface area (Å²) in [5.41, 5.74) is 0.262. The molecule has 1 N–H and O–H groups in total. The van der Waals surface area contributed by atoms with Crippen molar-refractivity contribution in [2.75, 3.05) is 13.1 Å². The molecule has 1 atom stereocenters. The smallest absolute Gasteiger partial charge is 0.230 e. The third-order valence-electron chi connectivity index (χ3n) is 4.46. The predicted octanol–water partition coefficient (Wildman–Crippen LogP) is 3.49. The van der Waals surface area contributed by atoms with E-state index in [9.17, 15) is 18.3 Å². The number of rotatable bonds is 3. The van der Waals surface area contributed by atoms with Crippen LogP contribution in [0.5, 0.6) is 5.88 Å². The number of thiazole rings is 1. The average Bonchev–Trinajstić information content (AvgIpc) is 3.18. The van der Waals surface area contributed by atoms with Gasteiger partial charge in [0.15, 0.2) is 17.5 Å². The first-order chi connectivity index (χ1) is 12.1. The molecular formula is C16H15F3N4OS. The summed E-state index contributed by atoms with van der Waals surface area (Å²) in [6.07, 6.45) is 4.30. The molecule has 25 heavy (non-hydrogen) atoms. The second kappa shape index (κ2) is 6.30. The lowest BCUT2D eigenvalue weighted by atomic mass is 10.00. The van der Waals surface area contributed by atoms with E-state index in [0.29, 0.717) is 9.84 Å². The monoisotopic (exact) mass is 368 g/mol. The number of hydrogen-bond donors (Lipinski definition) is 1. The van der Waals surface area contributed by atoms with E-state index < -0.39 is 23.5 Å². The zero-order valence-corrected chi connectivity index (χ0v) is 13.9. The van der Waals surface area contributed by atoms with E-state index in [2.05, 4.69) is 10.1 Å². The van der Waals surface area contributed by atoms with Crippen molar-refractivity contribution in [3.8, 4) is 5.88 Å². The zero-order chi connectivity index (χ0) is 17.6. The number of halogens is 3. The summed E-state index contributed by atoms with van der Waals surface area (Å²) in [5, 5.41) is 14.5. The van der Waals surface area contributed by atoms with E-state index in [0.717, 1.165) is 44.5 Å². The number of benzene rings is 1. The van der Waals surface area contributed by atoms with Crippen LogP contribution in [0.15, 0.2) is 18.5 Å². The maximum Gasteiger partial charge on any atom is 0.230 e. The fourth-order valence-corrected chi connectivity index (χ4v) is 4.40. The summed E-state index contributed by atoms with van der Waals surface area (Å²) in [6, 6.07) is 1.40. The summed E-state index contributed by atoms with van der Waals surface area (Å²) in [6.45, 7) is 1.44.